The first kappa shape index (κ1) is 8.74. The molecule has 0 fully saturated rings. The molecule has 10 heavy (non-hydrogen) atoms. The van der Waals surface area contributed by atoms with Crippen LogP contribution in [0.1, 0.15) is 6.92 Å². The number of methoxy groups -OCH3 is 1. The summed E-state index contributed by atoms with van der Waals surface area (Å²) in [6.45, 7) is 1.65. The van der Waals surface area contributed by atoms with Gasteiger partial charge in [0.1, 0.15) is 0 Å². The van der Waals surface area contributed by atoms with Gasteiger partial charge in [-0.3, -0.25) is 0 Å². The molecule has 0 aromatic rings. The maximum atomic E-state index is 10.5. The Bertz CT molecular complexity index is 145. The molecule has 0 bridgehead atoms. The molecule has 0 unspecified atom stereocenters. The summed E-state index contributed by atoms with van der Waals surface area (Å²) in [5, 5.41) is 8.30. The highest BCUT2D eigenvalue weighted by molar-refractivity contribution is 5.86. The smallest absolute Gasteiger partial charge is 0.418 e. The molecule has 0 aromatic heterocycles. The third-order valence-electron chi connectivity index (χ3n) is 0.942. The van der Waals surface area contributed by atoms with E-state index in [4.69, 9.17) is 5.11 Å². The minimum absolute atomic E-state index is 0.0992. The van der Waals surface area contributed by atoms with Gasteiger partial charge in [0.15, 0.2) is 0 Å². The Labute approximate surface area is 58.2 Å². The Morgan fingerprint density at radius 3 is 2.20 bits per heavy atom. The molecule has 0 saturated heterocycles. The molecular formula is C5H9NO4. The lowest BCUT2D eigenvalue weighted by Gasteiger charge is -2.11. The van der Waals surface area contributed by atoms with Crippen LogP contribution in [0.3, 0.4) is 0 Å². The monoisotopic (exact) mass is 147 g/mol. The maximum Gasteiger partial charge on any atom is 0.418 e. The number of hydrogen-bond donors (Lipinski definition) is 1. The van der Waals surface area contributed by atoms with Crippen LogP contribution in [-0.2, 0) is 4.74 Å². The summed E-state index contributed by atoms with van der Waals surface area (Å²) >= 11 is 0. The van der Waals surface area contributed by atoms with Gasteiger partial charge in [-0.1, -0.05) is 0 Å². The van der Waals surface area contributed by atoms with Crippen molar-refractivity contribution in [1.82, 2.24) is 4.90 Å². The SMILES string of the molecule is CCN(C(=O)O)C(=O)OC. The Kier molecular flexibility index (Phi) is 3.24. The molecular weight excluding hydrogens is 138 g/mol. The standard InChI is InChI=1S/C5H9NO4/c1-3-6(4(7)8)5(9)10-2/h3H2,1-2H3,(H,7,8). The molecule has 5 heteroatoms. The molecule has 0 aliphatic heterocycles. The maximum absolute atomic E-state index is 10.5. The van der Waals surface area contributed by atoms with Crippen LogP contribution in [-0.4, -0.2) is 35.8 Å². The molecule has 0 aromatic carbocycles. The van der Waals surface area contributed by atoms with Crippen LogP contribution < -0.4 is 0 Å². The summed E-state index contributed by atoms with van der Waals surface area (Å²) in [5.41, 5.74) is 0. The fourth-order valence-corrected chi connectivity index (χ4v) is 0.453. The number of nitrogens with zero attached hydrogens (tertiary/aromatic N) is 1. The van der Waals surface area contributed by atoms with Crippen molar-refractivity contribution in [3.05, 3.63) is 0 Å². The summed E-state index contributed by atoms with van der Waals surface area (Å²) in [6, 6.07) is 0. The first-order chi connectivity index (χ1) is 4.63. The van der Waals surface area contributed by atoms with E-state index in [-0.39, 0.29) is 6.54 Å². The van der Waals surface area contributed by atoms with Crippen molar-refractivity contribution < 1.29 is 19.4 Å². The van der Waals surface area contributed by atoms with Gasteiger partial charge in [-0.05, 0) is 6.92 Å². The molecule has 0 radical (unpaired) electrons. The van der Waals surface area contributed by atoms with Gasteiger partial charge < -0.3 is 9.84 Å². The second-order valence-corrected chi connectivity index (χ2v) is 1.50. The molecule has 0 heterocycles. The topological polar surface area (TPSA) is 66.8 Å². The molecule has 5 nitrogen and oxygen atoms in total. The van der Waals surface area contributed by atoms with Crippen LogP contribution in [0.15, 0.2) is 0 Å². The van der Waals surface area contributed by atoms with Gasteiger partial charge >= 0.3 is 12.2 Å². The van der Waals surface area contributed by atoms with Crippen molar-refractivity contribution in [3.63, 3.8) is 0 Å². The fraction of sp³-hybridized carbons (Fsp3) is 0.600. The summed E-state index contributed by atoms with van der Waals surface area (Å²) in [6.07, 6.45) is -2.15. The number of hydrogen-bond acceptors (Lipinski definition) is 3. The quantitative estimate of drug-likeness (QED) is 0.594. The minimum Gasteiger partial charge on any atom is -0.465 e. The zero-order chi connectivity index (χ0) is 8.15. The van der Waals surface area contributed by atoms with E-state index in [1.165, 1.54) is 0 Å². The highest BCUT2D eigenvalue weighted by Crippen LogP contribution is 1.91. The van der Waals surface area contributed by atoms with Crippen LogP contribution in [0, 0.1) is 0 Å². The predicted octanol–water partition coefficient (Wildman–Crippen LogP) is 0.753. The van der Waals surface area contributed by atoms with Crippen LogP contribution >= 0.6 is 0 Å². The fourth-order valence-electron chi connectivity index (χ4n) is 0.453. The van der Waals surface area contributed by atoms with Crippen molar-refractivity contribution in [2.24, 2.45) is 0 Å². The number of ether oxygens (including phenoxy) is 1. The van der Waals surface area contributed by atoms with Crippen molar-refractivity contribution >= 4 is 12.2 Å². The summed E-state index contributed by atoms with van der Waals surface area (Å²) < 4.78 is 4.17. The number of carbonyl (C=O) groups excluding carboxylic acids is 1. The first-order valence-corrected chi connectivity index (χ1v) is 2.71. The van der Waals surface area contributed by atoms with Gasteiger partial charge in [-0.15, -0.1) is 0 Å². The number of amides is 2. The summed E-state index contributed by atoms with van der Waals surface area (Å²) in [4.78, 5) is 21.2. The highest BCUT2D eigenvalue weighted by atomic mass is 16.5. The molecule has 0 spiro atoms. The molecule has 2 amide bonds. The lowest BCUT2D eigenvalue weighted by atomic mass is 10.6. The lowest BCUT2D eigenvalue weighted by Crippen LogP contribution is -2.35. The zero-order valence-electron chi connectivity index (χ0n) is 5.83. The van der Waals surface area contributed by atoms with E-state index in [2.05, 4.69) is 4.74 Å². The van der Waals surface area contributed by atoms with Crippen LogP contribution in [0.5, 0.6) is 0 Å². The first-order valence-electron chi connectivity index (χ1n) is 2.71. The van der Waals surface area contributed by atoms with Gasteiger partial charge in [-0.25, -0.2) is 14.5 Å². The highest BCUT2D eigenvalue weighted by Gasteiger charge is 2.17. The van der Waals surface area contributed by atoms with Gasteiger partial charge in [-0.2, -0.15) is 0 Å². The van der Waals surface area contributed by atoms with Gasteiger partial charge in [0.2, 0.25) is 0 Å². The van der Waals surface area contributed by atoms with E-state index in [0.29, 0.717) is 4.90 Å². The molecule has 58 valence electrons. The second-order valence-electron chi connectivity index (χ2n) is 1.50. The Balaban J connectivity index is 4.06. The van der Waals surface area contributed by atoms with Crippen molar-refractivity contribution in [2.45, 2.75) is 6.92 Å². The molecule has 0 atom stereocenters. The third kappa shape index (κ3) is 1.93. The summed E-state index contributed by atoms with van der Waals surface area (Å²) in [5.74, 6) is 0. The average molecular weight is 147 g/mol. The molecule has 1 N–H and O–H groups in total. The molecule has 0 aliphatic carbocycles. The van der Waals surface area contributed by atoms with Gasteiger partial charge in [0, 0.05) is 6.54 Å². The van der Waals surface area contributed by atoms with E-state index in [1.54, 1.807) is 6.92 Å². The van der Waals surface area contributed by atoms with E-state index in [1.807, 2.05) is 0 Å². The third-order valence-corrected chi connectivity index (χ3v) is 0.942. The second kappa shape index (κ2) is 3.71. The molecule has 0 saturated carbocycles. The number of carboxylic acid groups (broad SMARTS) is 1. The Hall–Kier alpha value is -1.26. The lowest BCUT2D eigenvalue weighted by molar-refractivity contribution is 0.111. The van der Waals surface area contributed by atoms with Crippen molar-refractivity contribution in [2.75, 3.05) is 13.7 Å². The summed E-state index contributed by atoms with van der Waals surface area (Å²) in [7, 11) is 1.13. The predicted molar refractivity (Wildman–Crippen MR) is 32.8 cm³/mol. The molecule has 0 rings (SSSR count). The van der Waals surface area contributed by atoms with Crippen LogP contribution in [0.25, 0.3) is 0 Å². The normalized spacial score (nSPS) is 8.60. The Morgan fingerprint density at radius 1 is 1.60 bits per heavy atom. The van der Waals surface area contributed by atoms with Crippen molar-refractivity contribution in [1.29, 1.82) is 0 Å². The number of imide groups is 1. The van der Waals surface area contributed by atoms with E-state index in [9.17, 15) is 9.59 Å². The minimum atomic E-state index is -1.30. The molecule has 0 aliphatic rings. The van der Waals surface area contributed by atoms with Crippen molar-refractivity contribution in [3.8, 4) is 0 Å². The van der Waals surface area contributed by atoms with E-state index < -0.39 is 12.2 Å². The van der Waals surface area contributed by atoms with Crippen LogP contribution in [0.4, 0.5) is 9.59 Å². The van der Waals surface area contributed by atoms with E-state index in [0.717, 1.165) is 7.11 Å². The zero-order valence-corrected chi connectivity index (χ0v) is 5.83. The number of carbonyl (C=O) groups is 2. The van der Waals surface area contributed by atoms with Gasteiger partial charge in [0.05, 0.1) is 7.11 Å². The van der Waals surface area contributed by atoms with Crippen LogP contribution in [0.2, 0.25) is 0 Å². The number of rotatable bonds is 1. The van der Waals surface area contributed by atoms with Gasteiger partial charge in [0.25, 0.3) is 0 Å². The average Bonchev–Trinajstić information content (AvgIpc) is 1.88. The largest absolute Gasteiger partial charge is 0.465 e. The van der Waals surface area contributed by atoms with E-state index >= 15 is 0 Å². The Morgan fingerprint density at radius 2 is 2.10 bits per heavy atom.